The summed E-state index contributed by atoms with van der Waals surface area (Å²) in [6.45, 7) is 1.09. The van der Waals surface area contributed by atoms with Crippen LogP contribution in [0.2, 0.25) is 5.02 Å². The number of nitrogens with zero attached hydrogens (tertiary/aromatic N) is 3. The van der Waals surface area contributed by atoms with Crippen molar-refractivity contribution in [2.75, 3.05) is 14.2 Å². The van der Waals surface area contributed by atoms with Gasteiger partial charge in [0.1, 0.15) is 5.75 Å². The fourth-order valence-electron chi connectivity index (χ4n) is 2.82. The summed E-state index contributed by atoms with van der Waals surface area (Å²) in [5.41, 5.74) is 2.90. The zero-order valence-electron chi connectivity index (χ0n) is 15.9. The Morgan fingerprint density at radius 1 is 1.25 bits per heavy atom. The highest BCUT2D eigenvalue weighted by atomic mass is 35.5. The molecule has 5 nitrogen and oxygen atoms in total. The number of halogens is 1. The summed E-state index contributed by atoms with van der Waals surface area (Å²) in [4.78, 5) is 14.1. The van der Waals surface area contributed by atoms with Gasteiger partial charge in [0.2, 0.25) is 5.91 Å². The van der Waals surface area contributed by atoms with E-state index in [2.05, 4.69) is 17.2 Å². The third-order valence-corrected chi connectivity index (χ3v) is 4.52. The Bertz CT molecular complexity index is 967. The molecule has 0 aliphatic rings. The molecule has 1 amide bonds. The maximum absolute atomic E-state index is 12.4. The van der Waals surface area contributed by atoms with Crippen LogP contribution in [0.4, 0.5) is 0 Å². The minimum absolute atomic E-state index is 0.113. The highest BCUT2D eigenvalue weighted by Crippen LogP contribution is 2.23. The molecule has 1 heterocycles. The number of benzene rings is 2. The topological polar surface area (TPSA) is 47.4 Å². The van der Waals surface area contributed by atoms with Gasteiger partial charge in [0, 0.05) is 42.0 Å². The quantitative estimate of drug-likeness (QED) is 0.561. The van der Waals surface area contributed by atoms with Crippen LogP contribution in [0, 0.1) is 0 Å². The smallest absolute Gasteiger partial charge is 0.246 e. The fourth-order valence-corrected chi connectivity index (χ4v) is 3.02. The van der Waals surface area contributed by atoms with Crippen LogP contribution in [0.5, 0.6) is 5.75 Å². The molecular weight excluding hydrogens is 374 g/mol. The zero-order chi connectivity index (χ0) is 19.9. The predicted octanol–water partition coefficient (Wildman–Crippen LogP) is 4.27. The normalized spacial score (nSPS) is 11.0. The molecular formula is C22H22ClN3O2. The van der Waals surface area contributed by atoms with Gasteiger partial charge in [-0.15, -0.1) is 0 Å². The monoisotopic (exact) mass is 395 g/mol. The highest BCUT2D eigenvalue weighted by Gasteiger charge is 2.10. The van der Waals surface area contributed by atoms with Gasteiger partial charge in [0.05, 0.1) is 19.9 Å². The van der Waals surface area contributed by atoms with Gasteiger partial charge in [0.25, 0.3) is 0 Å². The lowest BCUT2D eigenvalue weighted by molar-refractivity contribution is -0.125. The summed E-state index contributed by atoms with van der Waals surface area (Å²) in [5, 5.41) is 4.95. The minimum Gasteiger partial charge on any atom is -0.496 e. The van der Waals surface area contributed by atoms with Crippen molar-refractivity contribution in [3.8, 4) is 5.75 Å². The maximum Gasteiger partial charge on any atom is 0.246 e. The third-order valence-electron chi connectivity index (χ3n) is 4.29. The van der Waals surface area contributed by atoms with E-state index in [1.807, 2.05) is 35.1 Å². The predicted molar refractivity (Wildman–Crippen MR) is 111 cm³/mol. The number of amides is 1. The number of carbonyl (C=O) groups excluding carboxylic acids is 1. The highest BCUT2D eigenvalue weighted by molar-refractivity contribution is 6.30. The lowest BCUT2D eigenvalue weighted by atomic mass is 10.2. The molecule has 0 fully saturated rings. The lowest BCUT2D eigenvalue weighted by Gasteiger charge is -2.17. The second-order valence-corrected chi connectivity index (χ2v) is 6.88. The average molecular weight is 396 g/mol. The summed E-state index contributed by atoms with van der Waals surface area (Å²) in [6.07, 6.45) is 6.97. The van der Waals surface area contributed by atoms with Crippen LogP contribution in [0.1, 0.15) is 16.7 Å². The summed E-state index contributed by atoms with van der Waals surface area (Å²) < 4.78 is 7.18. The van der Waals surface area contributed by atoms with Crippen molar-refractivity contribution in [3.63, 3.8) is 0 Å². The van der Waals surface area contributed by atoms with E-state index in [9.17, 15) is 4.79 Å². The number of aromatic nitrogens is 2. The number of carbonyl (C=O) groups is 1. The molecule has 6 heteroatoms. The molecule has 0 bridgehead atoms. The van der Waals surface area contributed by atoms with Crippen LogP contribution in [0.3, 0.4) is 0 Å². The van der Waals surface area contributed by atoms with Crippen molar-refractivity contribution < 1.29 is 9.53 Å². The Labute approximate surface area is 169 Å². The molecule has 0 saturated carbocycles. The van der Waals surface area contributed by atoms with E-state index in [0.717, 1.165) is 11.1 Å². The average Bonchev–Trinajstić information content (AvgIpc) is 3.14. The summed E-state index contributed by atoms with van der Waals surface area (Å²) >= 11 is 6.06. The largest absolute Gasteiger partial charge is 0.496 e. The second kappa shape index (κ2) is 9.24. The number of methoxy groups -OCH3 is 1. The molecule has 0 N–H and O–H groups in total. The van der Waals surface area contributed by atoms with Gasteiger partial charge >= 0.3 is 0 Å². The zero-order valence-corrected chi connectivity index (χ0v) is 16.6. The van der Waals surface area contributed by atoms with E-state index in [-0.39, 0.29) is 5.91 Å². The molecule has 0 atom stereocenters. The van der Waals surface area contributed by atoms with Crippen LogP contribution in [0.15, 0.2) is 67.0 Å². The molecule has 0 spiro atoms. The molecule has 0 radical (unpaired) electrons. The van der Waals surface area contributed by atoms with Crippen molar-refractivity contribution in [1.82, 2.24) is 14.7 Å². The van der Waals surface area contributed by atoms with Crippen molar-refractivity contribution >= 4 is 23.6 Å². The number of rotatable bonds is 7. The first kappa shape index (κ1) is 19.7. The first-order valence-corrected chi connectivity index (χ1v) is 9.25. The van der Waals surface area contributed by atoms with E-state index in [1.54, 1.807) is 49.5 Å². The van der Waals surface area contributed by atoms with Crippen LogP contribution in [-0.4, -0.2) is 34.7 Å². The molecule has 1 aromatic heterocycles. The number of hydrogen-bond donors (Lipinski definition) is 0. The summed E-state index contributed by atoms with van der Waals surface area (Å²) in [5.74, 6) is 0.591. The van der Waals surface area contributed by atoms with Gasteiger partial charge in [-0.2, -0.15) is 5.10 Å². The second-order valence-electron chi connectivity index (χ2n) is 6.44. The molecule has 0 unspecified atom stereocenters. The van der Waals surface area contributed by atoms with Crippen LogP contribution in [-0.2, 0) is 17.9 Å². The van der Waals surface area contributed by atoms with Crippen molar-refractivity contribution in [2.45, 2.75) is 13.1 Å². The van der Waals surface area contributed by atoms with Crippen molar-refractivity contribution in [3.05, 3.63) is 88.7 Å². The molecule has 3 aromatic rings. The van der Waals surface area contributed by atoms with E-state index in [4.69, 9.17) is 16.3 Å². The molecule has 144 valence electrons. The molecule has 3 rings (SSSR count). The Balaban J connectivity index is 1.61. The third kappa shape index (κ3) is 5.24. The van der Waals surface area contributed by atoms with Gasteiger partial charge in [-0.05, 0) is 29.8 Å². The summed E-state index contributed by atoms with van der Waals surface area (Å²) in [6, 6.07) is 15.5. The SMILES string of the molecule is COc1ccc(Cl)cc1CN(C)C(=O)/C=C/c1cnn(Cc2ccccc2)c1. The number of hydrogen-bond acceptors (Lipinski definition) is 3. The first-order valence-electron chi connectivity index (χ1n) is 8.87. The number of ether oxygens (including phenoxy) is 1. The Kier molecular flexibility index (Phi) is 6.50. The summed E-state index contributed by atoms with van der Waals surface area (Å²) in [7, 11) is 3.34. The molecule has 0 aliphatic heterocycles. The van der Waals surface area contributed by atoms with Crippen LogP contribution < -0.4 is 4.74 Å². The number of likely N-dealkylation sites (N-methyl/N-ethyl adjacent to an activating group) is 1. The molecule has 28 heavy (non-hydrogen) atoms. The Morgan fingerprint density at radius 3 is 2.79 bits per heavy atom. The lowest BCUT2D eigenvalue weighted by Crippen LogP contribution is -2.24. The van der Waals surface area contributed by atoms with Gasteiger partial charge in [-0.25, -0.2) is 0 Å². The maximum atomic E-state index is 12.4. The van der Waals surface area contributed by atoms with Crippen LogP contribution >= 0.6 is 11.6 Å². The van der Waals surface area contributed by atoms with E-state index < -0.39 is 0 Å². The minimum atomic E-state index is -0.113. The Morgan fingerprint density at radius 2 is 2.04 bits per heavy atom. The van der Waals surface area contributed by atoms with Gasteiger partial charge in [0.15, 0.2) is 0 Å². The fraction of sp³-hybridized carbons (Fsp3) is 0.182. The molecule has 0 saturated heterocycles. The van der Waals surface area contributed by atoms with Crippen molar-refractivity contribution in [1.29, 1.82) is 0 Å². The first-order chi connectivity index (χ1) is 13.5. The van der Waals surface area contributed by atoms with Gasteiger partial charge in [-0.1, -0.05) is 41.9 Å². The standard InChI is InChI=1S/C22H22ClN3O2/c1-25(16-19-12-20(23)9-10-21(19)28-2)22(27)11-8-18-13-24-26(15-18)14-17-6-4-3-5-7-17/h3-13,15H,14,16H2,1-2H3/b11-8+. The Hall–Kier alpha value is -3.05. The van der Waals surface area contributed by atoms with Crippen molar-refractivity contribution in [2.24, 2.45) is 0 Å². The van der Waals surface area contributed by atoms with E-state index in [0.29, 0.717) is 23.9 Å². The van der Waals surface area contributed by atoms with Crippen LogP contribution in [0.25, 0.3) is 6.08 Å². The molecule has 0 aliphatic carbocycles. The van der Waals surface area contributed by atoms with Gasteiger partial charge < -0.3 is 9.64 Å². The van der Waals surface area contributed by atoms with Gasteiger partial charge in [-0.3, -0.25) is 9.48 Å². The van der Waals surface area contributed by atoms with E-state index in [1.165, 1.54) is 5.56 Å². The molecule has 2 aromatic carbocycles. The van der Waals surface area contributed by atoms with E-state index >= 15 is 0 Å².